The first kappa shape index (κ1) is 15.3. The van der Waals surface area contributed by atoms with Crippen LogP contribution in [0.15, 0.2) is 54.6 Å². The SMILES string of the molecule is N#C[C@H]1c2ccccc2[C@@H](Br)[C@H](C#N)N1C(=O)c1ccccc1. The molecule has 23 heavy (non-hydrogen) atoms. The molecule has 4 nitrogen and oxygen atoms in total. The van der Waals surface area contributed by atoms with Crippen LogP contribution < -0.4 is 0 Å². The lowest BCUT2D eigenvalue weighted by molar-refractivity contribution is 0.0651. The van der Waals surface area contributed by atoms with E-state index in [4.69, 9.17) is 0 Å². The van der Waals surface area contributed by atoms with Crippen molar-refractivity contribution < 1.29 is 4.79 Å². The van der Waals surface area contributed by atoms with Crippen LogP contribution in [-0.4, -0.2) is 16.8 Å². The number of rotatable bonds is 1. The van der Waals surface area contributed by atoms with E-state index in [0.717, 1.165) is 11.1 Å². The first-order valence-electron chi connectivity index (χ1n) is 7.09. The zero-order valence-corrected chi connectivity index (χ0v) is 13.6. The van der Waals surface area contributed by atoms with Gasteiger partial charge in [0.1, 0.15) is 12.1 Å². The largest absolute Gasteiger partial charge is 0.301 e. The van der Waals surface area contributed by atoms with Gasteiger partial charge in [-0.3, -0.25) is 4.79 Å². The minimum atomic E-state index is -0.780. The molecule has 1 heterocycles. The second-order valence-corrected chi connectivity index (χ2v) is 6.20. The summed E-state index contributed by atoms with van der Waals surface area (Å²) in [5.41, 5.74) is 2.10. The molecular formula is C18H12BrN3O. The Kier molecular flexibility index (Phi) is 4.14. The highest BCUT2D eigenvalue weighted by Gasteiger charge is 2.42. The van der Waals surface area contributed by atoms with E-state index in [-0.39, 0.29) is 10.7 Å². The highest BCUT2D eigenvalue weighted by molar-refractivity contribution is 9.09. The first-order valence-corrected chi connectivity index (χ1v) is 8.00. The van der Waals surface area contributed by atoms with Crippen LogP contribution in [0, 0.1) is 22.7 Å². The molecule has 0 bridgehead atoms. The van der Waals surface area contributed by atoms with Gasteiger partial charge in [0.05, 0.1) is 17.0 Å². The Hall–Kier alpha value is -2.63. The molecule has 112 valence electrons. The molecule has 0 aliphatic carbocycles. The smallest absolute Gasteiger partial charge is 0.256 e. The fourth-order valence-electron chi connectivity index (χ4n) is 2.87. The number of nitrogens with zero attached hydrogens (tertiary/aromatic N) is 3. The summed E-state index contributed by atoms with van der Waals surface area (Å²) in [4.78, 5) is 13.9. The van der Waals surface area contributed by atoms with Crippen molar-refractivity contribution in [2.75, 3.05) is 0 Å². The fourth-order valence-corrected chi connectivity index (χ4v) is 3.66. The van der Waals surface area contributed by atoms with Gasteiger partial charge in [-0.1, -0.05) is 58.4 Å². The van der Waals surface area contributed by atoms with Crippen LogP contribution in [0.1, 0.15) is 32.4 Å². The number of carbonyl (C=O) groups is 1. The maximum absolute atomic E-state index is 12.9. The molecule has 1 amide bonds. The molecule has 5 heteroatoms. The quantitative estimate of drug-likeness (QED) is 0.722. The number of alkyl halides is 1. The van der Waals surface area contributed by atoms with Crippen LogP contribution in [0.4, 0.5) is 0 Å². The summed E-state index contributed by atoms with van der Waals surface area (Å²) in [5.74, 6) is -0.317. The summed E-state index contributed by atoms with van der Waals surface area (Å²) in [7, 11) is 0. The summed E-state index contributed by atoms with van der Waals surface area (Å²) in [6.07, 6.45) is 0. The second-order valence-electron chi connectivity index (χ2n) is 5.21. The van der Waals surface area contributed by atoms with E-state index < -0.39 is 12.1 Å². The maximum atomic E-state index is 12.9. The predicted octanol–water partition coefficient (Wildman–Crippen LogP) is 3.74. The van der Waals surface area contributed by atoms with E-state index >= 15 is 0 Å². The van der Waals surface area contributed by atoms with Crippen LogP contribution in [0.2, 0.25) is 0 Å². The lowest BCUT2D eigenvalue weighted by atomic mass is 9.88. The molecule has 2 aromatic rings. The normalized spacial score (nSPS) is 22.6. The van der Waals surface area contributed by atoms with Crippen molar-refractivity contribution in [1.82, 2.24) is 4.90 Å². The molecule has 0 aromatic heterocycles. The van der Waals surface area contributed by atoms with E-state index in [1.54, 1.807) is 24.3 Å². The van der Waals surface area contributed by atoms with Gasteiger partial charge in [0, 0.05) is 5.56 Å². The molecule has 0 saturated carbocycles. The van der Waals surface area contributed by atoms with Gasteiger partial charge in [-0.05, 0) is 23.3 Å². The van der Waals surface area contributed by atoms with Gasteiger partial charge in [-0.2, -0.15) is 10.5 Å². The Bertz CT molecular complexity index is 822. The number of carbonyl (C=O) groups excluding carboxylic acids is 1. The van der Waals surface area contributed by atoms with E-state index in [2.05, 4.69) is 28.1 Å². The third-order valence-corrected chi connectivity index (χ3v) is 4.95. The molecular weight excluding hydrogens is 354 g/mol. The number of fused-ring (bicyclic) bond motifs is 1. The number of benzene rings is 2. The summed E-state index contributed by atoms with van der Waals surface area (Å²) >= 11 is 3.53. The Balaban J connectivity index is 2.14. The standard InChI is InChI=1S/C18H12BrN3O/c19-17-14-9-5-4-8-13(14)15(10-20)22(16(17)11-21)18(23)12-6-2-1-3-7-12/h1-9,15-17H/t15-,16-,17+/m0/s1. The topological polar surface area (TPSA) is 67.9 Å². The van der Waals surface area contributed by atoms with Crippen molar-refractivity contribution in [3.63, 3.8) is 0 Å². The van der Waals surface area contributed by atoms with Crippen LogP contribution >= 0.6 is 15.9 Å². The number of hydrogen-bond donors (Lipinski definition) is 0. The van der Waals surface area contributed by atoms with Gasteiger partial charge in [-0.25, -0.2) is 0 Å². The first-order chi connectivity index (χ1) is 11.2. The minimum absolute atomic E-state index is 0.317. The molecule has 0 unspecified atom stereocenters. The Morgan fingerprint density at radius 1 is 0.957 bits per heavy atom. The molecule has 0 spiro atoms. The molecule has 1 aliphatic rings. The number of halogens is 1. The molecule has 3 atom stereocenters. The number of nitriles is 2. The van der Waals surface area contributed by atoms with Crippen molar-refractivity contribution in [3.8, 4) is 12.1 Å². The molecule has 1 aliphatic heterocycles. The highest BCUT2D eigenvalue weighted by atomic mass is 79.9. The molecule has 0 N–H and O–H groups in total. The third kappa shape index (κ3) is 2.50. The third-order valence-electron chi connectivity index (χ3n) is 3.95. The monoisotopic (exact) mass is 365 g/mol. The molecule has 3 rings (SSSR count). The van der Waals surface area contributed by atoms with Crippen LogP contribution in [0.3, 0.4) is 0 Å². The number of amides is 1. The highest BCUT2D eigenvalue weighted by Crippen LogP contribution is 2.43. The van der Waals surface area contributed by atoms with Crippen molar-refractivity contribution >= 4 is 21.8 Å². The zero-order chi connectivity index (χ0) is 16.4. The van der Waals surface area contributed by atoms with E-state index in [0.29, 0.717) is 5.56 Å². The van der Waals surface area contributed by atoms with Gasteiger partial charge < -0.3 is 4.90 Å². The Morgan fingerprint density at radius 3 is 2.17 bits per heavy atom. The number of hydrogen-bond acceptors (Lipinski definition) is 3. The lowest BCUT2D eigenvalue weighted by Crippen LogP contribution is -2.47. The zero-order valence-electron chi connectivity index (χ0n) is 12.1. The summed E-state index contributed by atoms with van der Waals surface area (Å²) in [6.45, 7) is 0. The van der Waals surface area contributed by atoms with Crippen LogP contribution in [0.5, 0.6) is 0 Å². The van der Waals surface area contributed by atoms with Gasteiger partial charge in [0.25, 0.3) is 5.91 Å². The Morgan fingerprint density at radius 2 is 1.57 bits per heavy atom. The lowest BCUT2D eigenvalue weighted by Gasteiger charge is -2.39. The van der Waals surface area contributed by atoms with Crippen molar-refractivity contribution in [2.45, 2.75) is 16.9 Å². The van der Waals surface area contributed by atoms with Crippen molar-refractivity contribution in [3.05, 3.63) is 71.3 Å². The molecule has 0 fully saturated rings. The van der Waals surface area contributed by atoms with Crippen molar-refractivity contribution in [2.24, 2.45) is 0 Å². The molecule has 2 aromatic carbocycles. The van der Waals surface area contributed by atoms with E-state index in [1.165, 1.54) is 4.90 Å². The summed E-state index contributed by atoms with van der Waals surface area (Å²) in [6, 6.07) is 19.0. The average Bonchev–Trinajstić information content (AvgIpc) is 2.61. The Labute approximate surface area is 142 Å². The predicted molar refractivity (Wildman–Crippen MR) is 88.5 cm³/mol. The van der Waals surface area contributed by atoms with Gasteiger partial charge >= 0.3 is 0 Å². The van der Waals surface area contributed by atoms with E-state index in [1.807, 2.05) is 30.3 Å². The molecule has 0 radical (unpaired) electrons. The molecule has 0 saturated heterocycles. The second kappa shape index (κ2) is 6.24. The van der Waals surface area contributed by atoms with Gasteiger partial charge in [-0.15, -0.1) is 0 Å². The van der Waals surface area contributed by atoms with Crippen molar-refractivity contribution in [1.29, 1.82) is 10.5 Å². The van der Waals surface area contributed by atoms with E-state index in [9.17, 15) is 15.3 Å². The van der Waals surface area contributed by atoms with Gasteiger partial charge in [0.2, 0.25) is 0 Å². The average molecular weight is 366 g/mol. The van der Waals surface area contributed by atoms with Crippen LogP contribution in [0.25, 0.3) is 0 Å². The fraction of sp³-hybridized carbons (Fsp3) is 0.167. The minimum Gasteiger partial charge on any atom is -0.301 e. The summed E-state index contributed by atoms with van der Waals surface area (Å²) < 4.78 is 0. The maximum Gasteiger partial charge on any atom is 0.256 e. The van der Waals surface area contributed by atoms with Crippen LogP contribution in [-0.2, 0) is 0 Å². The summed E-state index contributed by atoms with van der Waals surface area (Å²) in [5, 5.41) is 19.2. The van der Waals surface area contributed by atoms with Gasteiger partial charge in [0.15, 0.2) is 0 Å².